The van der Waals surface area contributed by atoms with Crippen molar-refractivity contribution in [2.75, 3.05) is 4.90 Å². The zero-order chi connectivity index (χ0) is 23.5. The molecular weight excluding hydrogens is 440 g/mol. The van der Waals surface area contributed by atoms with E-state index in [-0.39, 0.29) is 11.8 Å². The SMILES string of the molecule is Cc1cccc(CN2C(=O)c3ccccc3Sc3ccc(C(=O)NCc4ccccc4)cc32)c1. The van der Waals surface area contributed by atoms with E-state index in [4.69, 9.17) is 0 Å². The molecule has 0 aromatic heterocycles. The summed E-state index contributed by atoms with van der Waals surface area (Å²) in [7, 11) is 0. The van der Waals surface area contributed by atoms with Crippen molar-refractivity contribution in [3.05, 3.63) is 125 Å². The van der Waals surface area contributed by atoms with Crippen LogP contribution in [-0.4, -0.2) is 11.8 Å². The summed E-state index contributed by atoms with van der Waals surface area (Å²) in [6, 6.07) is 31.3. The molecule has 0 saturated heterocycles. The minimum atomic E-state index is -0.165. The monoisotopic (exact) mass is 464 g/mol. The molecule has 1 aliphatic heterocycles. The van der Waals surface area contributed by atoms with Gasteiger partial charge in [-0.2, -0.15) is 0 Å². The van der Waals surface area contributed by atoms with E-state index in [0.717, 1.165) is 32.2 Å². The summed E-state index contributed by atoms with van der Waals surface area (Å²) < 4.78 is 0. The lowest BCUT2D eigenvalue weighted by Crippen LogP contribution is -2.31. The number of nitrogens with one attached hydrogen (secondary N) is 1. The summed E-state index contributed by atoms with van der Waals surface area (Å²) in [4.78, 5) is 30.3. The summed E-state index contributed by atoms with van der Waals surface area (Å²) in [6.07, 6.45) is 0. The molecule has 0 saturated carbocycles. The molecule has 1 heterocycles. The topological polar surface area (TPSA) is 49.4 Å². The van der Waals surface area contributed by atoms with Gasteiger partial charge in [-0.05, 0) is 48.4 Å². The van der Waals surface area contributed by atoms with Crippen LogP contribution in [0.25, 0.3) is 0 Å². The van der Waals surface area contributed by atoms with Crippen molar-refractivity contribution in [2.24, 2.45) is 0 Å². The minimum absolute atomic E-state index is 0.0646. The van der Waals surface area contributed by atoms with Crippen molar-refractivity contribution in [1.29, 1.82) is 0 Å². The normalized spacial score (nSPS) is 12.5. The van der Waals surface area contributed by atoms with E-state index in [1.165, 1.54) is 0 Å². The van der Waals surface area contributed by atoms with Crippen LogP contribution in [0.1, 0.15) is 37.4 Å². The minimum Gasteiger partial charge on any atom is -0.348 e. The van der Waals surface area contributed by atoms with Gasteiger partial charge in [0.1, 0.15) is 0 Å². The Morgan fingerprint density at radius 3 is 2.41 bits per heavy atom. The number of benzene rings is 4. The highest BCUT2D eigenvalue weighted by atomic mass is 32.2. The first-order chi connectivity index (χ1) is 16.6. The summed E-state index contributed by atoms with van der Waals surface area (Å²) >= 11 is 1.56. The molecule has 0 fully saturated rings. The first kappa shape index (κ1) is 22.0. The third kappa shape index (κ3) is 4.61. The van der Waals surface area contributed by atoms with Gasteiger partial charge in [-0.3, -0.25) is 9.59 Å². The van der Waals surface area contributed by atoms with Crippen LogP contribution >= 0.6 is 11.8 Å². The standard InChI is InChI=1S/C29H24N2O2S/c1-20-8-7-11-22(16-20)19-31-25-17-23(28(32)30-18-21-9-3-2-4-10-21)14-15-27(25)34-26-13-6-5-12-24(26)29(31)33/h2-17H,18-19H2,1H3,(H,30,32). The number of rotatable bonds is 5. The summed E-state index contributed by atoms with van der Waals surface area (Å²) in [6.45, 7) is 2.92. The maximum Gasteiger partial charge on any atom is 0.259 e. The second-order valence-electron chi connectivity index (χ2n) is 8.33. The predicted molar refractivity (Wildman–Crippen MR) is 136 cm³/mol. The van der Waals surface area contributed by atoms with Crippen LogP contribution in [0.15, 0.2) is 107 Å². The van der Waals surface area contributed by atoms with Gasteiger partial charge < -0.3 is 10.2 Å². The summed E-state index contributed by atoms with van der Waals surface area (Å²) in [5.41, 5.74) is 5.18. The quantitative estimate of drug-likeness (QED) is 0.381. The highest BCUT2D eigenvalue weighted by molar-refractivity contribution is 7.99. The first-order valence-corrected chi connectivity index (χ1v) is 12.0. The van der Waals surface area contributed by atoms with Crippen molar-refractivity contribution in [3.8, 4) is 0 Å². The van der Waals surface area contributed by atoms with Crippen LogP contribution in [0.2, 0.25) is 0 Å². The fraction of sp³-hybridized carbons (Fsp3) is 0.103. The average molecular weight is 465 g/mol. The maximum atomic E-state index is 13.7. The van der Waals surface area contributed by atoms with Gasteiger partial charge in [0.2, 0.25) is 0 Å². The Bertz CT molecular complexity index is 1370. The lowest BCUT2D eigenvalue weighted by molar-refractivity contribution is 0.0947. The Labute approximate surface area is 203 Å². The molecular formula is C29H24N2O2S. The number of fused-ring (bicyclic) bond motifs is 2. The lowest BCUT2D eigenvalue weighted by atomic mass is 10.1. The van der Waals surface area contributed by atoms with E-state index in [1.807, 2.05) is 97.9 Å². The number of hydrogen-bond acceptors (Lipinski definition) is 3. The Morgan fingerprint density at radius 2 is 1.59 bits per heavy atom. The van der Waals surface area contributed by atoms with Crippen LogP contribution in [0.3, 0.4) is 0 Å². The molecule has 1 N–H and O–H groups in total. The van der Waals surface area contributed by atoms with Crippen molar-refractivity contribution < 1.29 is 9.59 Å². The van der Waals surface area contributed by atoms with Crippen LogP contribution in [-0.2, 0) is 13.1 Å². The molecule has 4 aromatic carbocycles. The van der Waals surface area contributed by atoms with E-state index in [0.29, 0.717) is 24.2 Å². The Kier molecular flexibility index (Phi) is 6.19. The van der Waals surface area contributed by atoms with Gasteiger partial charge in [-0.25, -0.2) is 0 Å². The second kappa shape index (κ2) is 9.57. The number of anilines is 1. The number of nitrogens with zero attached hydrogens (tertiary/aromatic N) is 1. The molecule has 5 heteroatoms. The average Bonchev–Trinajstić information content (AvgIpc) is 2.97. The number of carbonyl (C=O) groups is 2. The van der Waals surface area contributed by atoms with Gasteiger partial charge in [0, 0.05) is 21.9 Å². The molecule has 0 unspecified atom stereocenters. The van der Waals surface area contributed by atoms with Crippen molar-refractivity contribution in [2.45, 2.75) is 29.8 Å². The van der Waals surface area contributed by atoms with E-state index in [2.05, 4.69) is 11.4 Å². The highest BCUT2D eigenvalue weighted by Crippen LogP contribution is 2.42. The van der Waals surface area contributed by atoms with Gasteiger partial charge in [-0.15, -0.1) is 0 Å². The molecule has 2 amide bonds. The molecule has 168 valence electrons. The van der Waals surface area contributed by atoms with Gasteiger partial charge >= 0.3 is 0 Å². The van der Waals surface area contributed by atoms with Crippen molar-refractivity contribution in [3.63, 3.8) is 0 Å². The van der Waals surface area contributed by atoms with Gasteiger partial charge in [-0.1, -0.05) is 84.1 Å². The third-order valence-corrected chi connectivity index (χ3v) is 6.95. The number of hydrogen-bond donors (Lipinski definition) is 1. The molecule has 0 aliphatic carbocycles. The van der Waals surface area contributed by atoms with Gasteiger partial charge in [0.25, 0.3) is 11.8 Å². The molecule has 0 spiro atoms. The van der Waals surface area contributed by atoms with E-state index >= 15 is 0 Å². The molecule has 0 atom stereocenters. The lowest BCUT2D eigenvalue weighted by Gasteiger charge is -2.24. The molecule has 5 rings (SSSR count). The molecule has 4 aromatic rings. The predicted octanol–water partition coefficient (Wildman–Crippen LogP) is 6.24. The largest absolute Gasteiger partial charge is 0.348 e. The fourth-order valence-corrected chi connectivity index (χ4v) is 5.15. The molecule has 4 nitrogen and oxygen atoms in total. The molecule has 34 heavy (non-hydrogen) atoms. The number of carbonyl (C=O) groups excluding carboxylic acids is 2. The second-order valence-corrected chi connectivity index (χ2v) is 9.41. The van der Waals surface area contributed by atoms with E-state index in [9.17, 15) is 9.59 Å². The maximum absolute atomic E-state index is 13.7. The van der Waals surface area contributed by atoms with Crippen molar-refractivity contribution >= 4 is 29.3 Å². The van der Waals surface area contributed by atoms with Crippen molar-refractivity contribution in [1.82, 2.24) is 5.32 Å². The molecule has 0 radical (unpaired) electrons. The Morgan fingerprint density at radius 1 is 0.824 bits per heavy atom. The number of aryl methyl sites for hydroxylation is 1. The first-order valence-electron chi connectivity index (χ1n) is 11.2. The number of amides is 2. The Balaban J connectivity index is 1.50. The van der Waals surface area contributed by atoms with E-state index in [1.54, 1.807) is 16.7 Å². The van der Waals surface area contributed by atoms with E-state index < -0.39 is 0 Å². The highest BCUT2D eigenvalue weighted by Gasteiger charge is 2.28. The van der Waals surface area contributed by atoms with Crippen LogP contribution in [0, 0.1) is 6.92 Å². The van der Waals surface area contributed by atoms with Crippen LogP contribution < -0.4 is 10.2 Å². The summed E-state index contributed by atoms with van der Waals surface area (Å²) in [5, 5.41) is 2.99. The fourth-order valence-electron chi connectivity index (χ4n) is 4.09. The molecule has 1 aliphatic rings. The van der Waals surface area contributed by atoms with Gasteiger partial charge in [0.05, 0.1) is 17.8 Å². The van der Waals surface area contributed by atoms with Gasteiger partial charge in [0.15, 0.2) is 0 Å². The zero-order valence-electron chi connectivity index (χ0n) is 18.8. The zero-order valence-corrected chi connectivity index (χ0v) is 19.6. The summed E-state index contributed by atoms with van der Waals surface area (Å²) in [5.74, 6) is -0.230. The van der Waals surface area contributed by atoms with Crippen LogP contribution in [0.4, 0.5) is 5.69 Å². The van der Waals surface area contributed by atoms with Crippen LogP contribution in [0.5, 0.6) is 0 Å². The third-order valence-electron chi connectivity index (χ3n) is 5.81. The smallest absolute Gasteiger partial charge is 0.259 e. The Hall–Kier alpha value is -3.83. The molecule has 0 bridgehead atoms.